The van der Waals surface area contributed by atoms with Gasteiger partial charge in [0.15, 0.2) is 0 Å². The smallest absolute Gasteiger partial charge is 0.275 e. The summed E-state index contributed by atoms with van der Waals surface area (Å²) in [5.74, 6) is 0.121. The van der Waals surface area contributed by atoms with Crippen LogP contribution in [-0.2, 0) is 13.6 Å². The van der Waals surface area contributed by atoms with Crippen molar-refractivity contribution in [3.8, 4) is 0 Å². The fourth-order valence-electron chi connectivity index (χ4n) is 4.45. The maximum Gasteiger partial charge on any atom is 0.275 e. The minimum absolute atomic E-state index is 0.171. The van der Waals surface area contributed by atoms with Crippen molar-refractivity contribution in [3.63, 3.8) is 0 Å². The van der Waals surface area contributed by atoms with Gasteiger partial charge in [-0.25, -0.2) is 13.8 Å². The molecule has 0 N–H and O–H groups in total. The predicted octanol–water partition coefficient (Wildman–Crippen LogP) is 4.87. The molecular formula is C28H27F2N5O. The van der Waals surface area contributed by atoms with Crippen molar-refractivity contribution < 1.29 is 13.6 Å². The molecule has 5 rings (SSSR count). The number of nitrogens with zero attached hydrogens (tertiary/aromatic N) is 5. The van der Waals surface area contributed by atoms with E-state index in [1.54, 1.807) is 33.9 Å². The lowest BCUT2D eigenvalue weighted by molar-refractivity contribution is 0.0977. The third-order valence-electron chi connectivity index (χ3n) is 6.49. The second-order valence-corrected chi connectivity index (χ2v) is 8.85. The first-order valence-corrected chi connectivity index (χ1v) is 11.9. The number of hydrogen-bond donors (Lipinski definition) is 0. The quantitative estimate of drug-likeness (QED) is 0.389. The maximum atomic E-state index is 13.5. The fraction of sp³-hybridized carbons (Fsp3) is 0.214. The van der Waals surface area contributed by atoms with E-state index in [2.05, 4.69) is 14.8 Å². The number of carbonyl (C=O) groups is 1. The molecule has 1 aliphatic rings. The first-order valence-electron chi connectivity index (χ1n) is 11.9. The number of carbonyl (C=O) groups excluding carboxylic acids is 1. The van der Waals surface area contributed by atoms with Gasteiger partial charge >= 0.3 is 0 Å². The highest BCUT2D eigenvalue weighted by atomic mass is 19.1. The summed E-state index contributed by atoms with van der Waals surface area (Å²) in [4.78, 5) is 24.1. The van der Waals surface area contributed by atoms with E-state index in [9.17, 15) is 13.6 Å². The Balaban J connectivity index is 1.28. The zero-order chi connectivity index (χ0) is 25.1. The Morgan fingerprint density at radius 3 is 2.08 bits per heavy atom. The second-order valence-electron chi connectivity index (χ2n) is 8.85. The third kappa shape index (κ3) is 5.07. The molecule has 1 fully saturated rings. The van der Waals surface area contributed by atoms with Crippen LogP contribution in [0.1, 0.15) is 16.1 Å². The van der Waals surface area contributed by atoms with Crippen molar-refractivity contribution in [3.05, 3.63) is 108 Å². The Morgan fingerprint density at radius 1 is 0.861 bits per heavy atom. The number of aryl methyl sites for hydroxylation is 1. The molecule has 6 nitrogen and oxygen atoms in total. The highest BCUT2D eigenvalue weighted by Gasteiger charge is 2.22. The lowest BCUT2D eigenvalue weighted by Gasteiger charge is -2.36. The number of hydrogen-bond acceptors (Lipinski definition) is 4. The van der Waals surface area contributed by atoms with Crippen LogP contribution < -0.4 is 14.7 Å². The van der Waals surface area contributed by atoms with Gasteiger partial charge in [0, 0.05) is 57.0 Å². The van der Waals surface area contributed by atoms with Gasteiger partial charge in [-0.3, -0.25) is 4.79 Å². The van der Waals surface area contributed by atoms with Crippen molar-refractivity contribution in [2.45, 2.75) is 6.54 Å². The van der Waals surface area contributed by atoms with Crippen molar-refractivity contribution >= 4 is 23.1 Å². The van der Waals surface area contributed by atoms with E-state index in [4.69, 9.17) is 0 Å². The minimum atomic E-state index is -0.351. The van der Waals surface area contributed by atoms with Crippen molar-refractivity contribution in [2.24, 2.45) is 7.05 Å². The van der Waals surface area contributed by atoms with E-state index in [1.165, 1.54) is 24.3 Å². The number of aromatic nitrogens is 2. The number of benzene rings is 2. The van der Waals surface area contributed by atoms with E-state index >= 15 is 0 Å². The van der Waals surface area contributed by atoms with E-state index in [0.717, 1.165) is 43.2 Å². The molecule has 0 spiro atoms. The van der Waals surface area contributed by atoms with E-state index in [0.29, 0.717) is 17.9 Å². The summed E-state index contributed by atoms with van der Waals surface area (Å²) in [5.41, 5.74) is 3.05. The number of halogens is 2. The third-order valence-corrected chi connectivity index (χ3v) is 6.49. The van der Waals surface area contributed by atoms with Gasteiger partial charge in [-0.1, -0.05) is 6.07 Å². The molecule has 0 bridgehead atoms. The van der Waals surface area contributed by atoms with Crippen LogP contribution in [0.25, 0.3) is 0 Å². The molecule has 1 amide bonds. The number of piperazine rings is 1. The van der Waals surface area contributed by atoms with Gasteiger partial charge in [-0.2, -0.15) is 0 Å². The summed E-state index contributed by atoms with van der Waals surface area (Å²) in [6, 6.07) is 20.1. The molecule has 2 aromatic carbocycles. The van der Waals surface area contributed by atoms with Gasteiger partial charge in [0.25, 0.3) is 5.91 Å². The molecule has 0 saturated carbocycles. The van der Waals surface area contributed by atoms with Gasteiger partial charge in [0.1, 0.15) is 23.1 Å². The van der Waals surface area contributed by atoms with Gasteiger partial charge in [0.05, 0.1) is 6.54 Å². The van der Waals surface area contributed by atoms with E-state index < -0.39 is 0 Å². The number of pyridine rings is 1. The lowest BCUT2D eigenvalue weighted by Crippen LogP contribution is -2.46. The second kappa shape index (κ2) is 10.2. The average Bonchev–Trinajstić information content (AvgIpc) is 3.34. The lowest BCUT2D eigenvalue weighted by atomic mass is 10.2. The first kappa shape index (κ1) is 23.5. The normalized spacial score (nSPS) is 13.6. The SMILES string of the molecule is Cn1cccc1C(=O)N(Cc1ccc(N2CCN(c3ccc(F)cc3)CC2)nc1)c1ccc(F)cc1. The zero-order valence-corrected chi connectivity index (χ0v) is 20.0. The Bertz CT molecular complexity index is 1310. The Labute approximate surface area is 209 Å². The molecule has 1 saturated heterocycles. The van der Waals surface area contributed by atoms with Crippen LogP contribution in [0.5, 0.6) is 0 Å². The molecule has 0 atom stereocenters. The van der Waals surface area contributed by atoms with Crippen LogP contribution in [0.15, 0.2) is 85.2 Å². The summed E-state index contributed by atoms with van der Waals surface area (Å²) in [5, 5.41) is 0. The van der Waals surface area contributed by atoms with Crippen molar-refractivity contribution in [2.75, 3.05) is 40.9 Å². The highest BCUT2D eigenvalue weighted by molar-refractivity contribution is 6.05. The monoisotopic (exact) mass is 487 g/mol. The molecule has 1 aliphatic heterocycles. The van der Waals surface area contributed by atoms with Crippen LogP contribution in [0, 0.1) is 11.6 Å². The largest absolute Gasteiger partial charge is 0.368 e. The molecule has 0 aliphatic carbocycles. The molecule has 8 heteroatoms. The summed E-state index contributed by atoms with van der Waals surface area (Å²) in [6.45, 7) is 3.55. The topological polar surface area (TPSA) is 44.6 Å². The molecule has 0 unspecified atom stereocenters. The van der Waals surface area contributed by atoms with Crippen LogP contribution in [0.3, 0.4) is 0 Å². The van der Waals surface area contributed by atoms with Crippen molar-refractivity contribution in [1.29, 1.82) is 0 Å². The first-order chi connectivity index (χ1) is 17.5. The van der Waals surface area contributed by atoms with Crippen LogP contribution in [0.2, 0.25) is 0 Å². The van der Waals surface area contributed by atoms with Crippen molar-refractivity contribution in [1.82, 2.24) is 9.55 Å². The van der Waals surface area contributed by atoms with Crippen LogP contribution in [0.4, 0.5) is 26.0 Å². The number of amides is 1. The van der Waals surface area contributed by atoms with Gasteiger partial charge in [0.2, 0.25) is 0 Å². The molecule has 184 valence electrons. The Kier molecular flexibility index (Phi) is 6.66. The van der Waals surface area contributed by atoms with Gasteiger partial charge in [-0.05, 0) is 72.3 Å². The van der Waals surface area contributed by atoms with Crippen LogP contribution in [-0.4, -0.2) is 41.6 Å². The summed E-state index contributed by atoms with van der Waals surface area (Å²) < 4.78 is 28.5. The summed E-state index contributed by atoms with van der Waals surface area (Å²) >= 11 is 0. The highest BCUT2D eigenvalue weighted by Crippen LogP contribution is 2.23. The Hall–Kier alpha value is -4.20. The molecule has 4 aromatic rings. The molecular weight excluding hydrogens is 460 g/mol. The Morgan fingerprint density at radius 2 is 1.50 bits per heavy atom. The molecule has 36 heavy (non-hydrogen) atoms. The zero-order valence-electron chi connectivity index (χ0n) is 20.0. The van der Waals surface area contributed by atoms with E-state index in [1.807, 2.05) is 43.6 Å². The summed E-state index contributed by atoms with van der Waals surface area (Å²) in [7, 11) is 1.82. The maximum absolute atomic E-state index is 13.5. The van der Waals surface area contributed by atoms with Gasteiger partial charge in [-0.15, -0.1) is 0 Å². The fourth-order valence-corrected chi connectivity index (χ4v) is 4.45. The average molecular weight is 488 g/mol. The minimum Gasteiger partial charge on any atom is -0.368 e. The molecule has 2 aromatic heterocycles. The number of anilines is 3. The van der Waals surface area contributed by atoms with Gasteiger partial charge < -0.3 is 19.3 Å². The molecule has 3 heterocycles. The predicted molar refractivity (Wildman–Crippen MR) is 137 cm³/mol. The molecule has 0 radical (unpaired) electrons. The van der Waals surface area contributed by atoms with E-state index in [-0.39, 0.29) is 17.5 Å². The standard InChI is InChI=1S/C28H27F2N5O/c1-32-14-2-3-26(32)28(36)35(25-11-7-23(30)8-12-25)20-21-4-13-27(31-19-21)34-17-15-33(16-18-34)24-9-5-22(29)6-10-24/h2-14,19H,15-18,20H2,1H3. The number of rotatable bonds is 6. The van der Waals surface area contributed by atoms with Crippen LogP contribution >= 0.6 is 0 Å². The summed E-state index contributed by atoms with van der Waals surface area (Å²) in [6.07, 6.45) is 3.61.